The van der Waals surface area contributed by atoms with E-state index in [1.54, 1.807) is 24.5 Å². The molecule has 0 fully saturated rings. The summed E-state index contributed by atoms with van der Waals surface area (Å²) in [7, 11) is 0. The number of carbonyl (C=O) groups is 2. The molecule has 1 aromatic heterocycles. The van der Waals surface area contributed by atoms with E-state index in [1.165, 1.54) is 17.0 Å². The minimum Gasteiger partial charge on any atom is -0.366 e. The molecule has 2 amide bonds. The lowest BCUT2D eigenvalue weighted by molar-refractivity contribution is -0.138. The third kappa shape index (κ3) is 4.76. The van der Waals surface area contributed by atoms with E-state index in [1.807, 2.05) is 56.0 Å². The van der Waals surface area contributed by atoms with Crippen molar-refractivity contribution in [1.29, 1.82) is 0 Å². The maximum Gasteiger partial charge on any atom is 0.278 e. The second-order valence-corrected chi connectivity index (χ2v) is 8.53. The largest absolute Gasteiger partial charge is 0.366 e. The van der Waals surface area contributed by atoms with E-state index < -0.39 is 0 Å². The highest BCUT2D eigenvalue weighted by Gasteiger charge is 2.41. The van der Waals surface area contributed by atoms with Crippen molar-refractivity contribution in [1.82, 2.24) is 14.8 Å². The van der Waals surface area contributed by atoms with Gasteiger partial charge in [-0.1, -0.05) is 30.3 Å². The van der Waals surface area contributed by atoms with Gasteiger partial charge in [0.05, 0.1) is 12.1 Å². The van der Waals surface area contributed by atoms with Gasteiger partial charge in [0.15, 0.2) is 0 Å². The zero-order valence-electron chi connectivity index (χ0n) is 19.7. The fraction of sp³-hybridized carbons (Fsp3) is 0.250. The standard InChI is InChI=1S/C28H28FN3O2/c1-4-31(16-13-21-11-14-30-15-12-21)26-25(23-8-5-19(2)20(3)17-23)27(33)32(28(26)34)18-22-6-9-24(29)10-7-22/h5-12,14-15,17H,4,13,16,18H2,1-3H3. The van der Waals surface area contributed by atoms with Crippen LogP contribution in [-0.2, 0) is 22.6 Å². The minimum atomic E-state index is -0.356. The van der Waals surface area contributed by atoms with Gasteiger partial charge in [-0.25, -0.2) is 4.39 Å². The van der Waals surface area contributed by atoms with E-state index >= 15 is 0 Å². The molecule has 0 atom stereocenters. The molecular weight excluding hydrogens is 429 g/mol. The predicted octanol–water partition coefficient (Wildman–Crippen LogP) is 4.68. The van der Waals surface area contributed by atoms with Gasteiger partial charge in [-0.2, -0.15) is 0 Å². The Labute approximate surface area is 199 Å². The molecule has 174 valence electrons. The summed E-state index contributed by atoms with van der Waals surface area (Å²) in [6, 6.07) is 15.6. The van der Waals surface area contributed by atoms with E-state index in [0.29, 0.717) is 29.9 Å². The monoisotopic (exact) mass is 457 g/mol. The second-order valence-electron chi connectivity index (χ2n) is 8.53. The van der Waals surface area contributed by atoms with Crippen LogP contribution in [0.1, 0.15) is 34.7 Å². The smallest absolute Gasteiger partial charge is 0.278 e. The molecule has 0 radical (unpaired) electrons. The average molecular weight is 458 g/mol. The molecule has 0 saturated carbocycles. The third-order valence-electron chi connectivity index (χ3n) is 6.31. The van der Waals surface area contributed by atoms with E-state index in [2.05, 4.69) is 4.98 Å². The SMILES string of the molecule is CCN(CCc1ccncc1)C1=C(c2ccc(C)c(C)c2)C(=O)N(Cc2ccc(F)cc2)C1=O. The zero-order chi connectivity index (χ0) is 24.2. The lowest BCUT2D eigenvalue weighted by Crippen LogP contribution is -2.35. The molecule has 4 rings (SSSR count). The number of benzene rings is 2. The van der Waals surface area contributed by atoms with Crippen molar-refractivity contribution in [2.75, 3.05) is 13.1 Å². The number of hydrogen-bond donors (Lipinski definition) is 0. The number of carbonyl (C=O) groups excluding carboxylic acids is 2. The van der Waals surface area contributed by atoms with Gasteiger partial charge in [-0.3, -0.25) is 19.5 Å². The quantitative estimate of drug-likeness (QED) is 0.461. The summed E-state index contributed by atoms with van der Waals surface area (Å²) in [5, 5.41) is 0. The average Bonchev–Trinajstić information content (AvgIpc) is 3.08. The Morgan fingerprint density at radius 1 is 0.882 bits per heavy atom. The number of aryl methyl sites for hydroxylation is 2. The number of imide groups is 1. The van der Waals surface area contributed by atoms with Crippen molar-refractivity contribution in [3.63, 3.8) is 0 Å². The highest BCUT2D eigenvalue weighted by molar-refractivity contribution is 6.35. The van der Waals surface area contributed by atoms with Crippen LogP contribution in [0.4, 0.5) is 4.39 Å². The van der Waals surface area contributed by atoms with Crippen LogP contribution >= 0.6 is 0 Å². The summed E-state index contributed by atoms with van der Waals surface area (Å²) in [6.45, 7) is 7.27. The molecule has 1 aliphatic rings. The number of halogens is 1. The fourth-order valence-electron chi connectivity index (χ4n) is 4.17. The van der Waals surface area contributed by atoms with E-state index in [9.17, 15) is 14.0 Å². The normalized spacial score (nSPS) is 13.7. The first-order valence-corrected chi connectivity index (χ1v) is 11.5. The van der Waals surface area contributed by atoms with Crippen LogP contribution in [0.25, 0.3) is 5.57 Å². The maximum absolute atomic E-state index is 13.7. The Morgan fingerprint density at radius 3 is 2.24 bits per heavy atom. The summed E-state index contributed by atoms with van der Waals surface area (Å²) in [4.78, 5) is 34.6. The molecule has 2 aromatic carbocycles. The number of pyridine rings is 1. The highest BCUT2D eigenvalue weighted by atomic mass is 19.1. The molecular formula is C28H28FN3O2. The Bertz CT molecular complexity index is 1240. The van der Waals surface area contributed by atoms with Gasteiger partial charge < -0.3 is 4.90 Å². The summed E-state index contributed by atoms with van der Waals surface area (Å²) >= 11 is 0. The Hall–Kier alpha value is -3.80. The number of amides is 2. The topological polar surface area (TPSA) is 53.5 Å². The second kappa shape index (κ2) is 10.00. The minimum absolute atomic E-state index is 0.0949. The van der Waals surface area contributed by atoms with Crippen LogP contribution in [0.2, 0.25) is 0 Å². The fourth-order valence-corrected chi connectivity index (χ4v) is 4.17. The molecule has 5 nitrogen and oxygen atoms in total. The highest BCUT2D eigenvalue weighted by Crippen LogP contribution is 2.33. The Morgan fingerprint density at radius 2 is 1.59 bits per heavy atom. The van der Waals surface area contributed by atoms with Crippen LogP contribution in [0.15, 0.2) is 72.7 Å². The molecule has 0 saturated heterocycles. The maximum atomic E-state index is 13.7. The summed E-state index contributed by atoms with van der Waals surface area (Å²) < 4.78 is 13.4. The van der Waals surface area contributed by atoms with Crippen LogP contribution < -0.4 is 0 Å². The van der Waals surface area contributed by atoms with Crippen molar-refractivity contribution >= 4 is 17.4 Å². The van der Waals surface area contributed by atoms with Crippen molar-refractivity contribution < 1.29 is 14.0 Å². The van der Waals surface area contributed by atoms with Gasteiger partial charge in [0.2, 0.25) is 0 Å². The molecule has 0 unspecified atom stereocenters. The molecule has 0 aliphatic carbocycles. The molecule has 3 aromatic rings. The molecule has 34 heavy (non-hydrogen) atoms. The Kier molecular flexibility index (Phi) is 6.87. The van der Waals surface area contributed by atoms with Crippen LogP contribution in [0.5, 0.6) is 0 Å². The van der Waals surface area contributed by atoms with E-state index in [4.69, 9.17) is 0 Å². The Balaban J connectivity index is 1.72. The molecule has 6 heteroatoms. The molecule has 0 N–H and O–H groups in total. The lowest BCUT2D eigenvalue weighted by atomic mass is 9.99. The van der Waals surface area contributed by atoms with Gasteiger partial charge >= 0.3 is 0 Å². The number of likely N-dealkylation sites (N-methyl/N-ethyl adjacent to an activating group) is 1. The molecule has 2 heterocycles. The molecule has 0 spiro atoms. The summed E-state index contributed by atoms with van der Waals surface area (Å²) in [6.07, 6.45) is 4.22. The first kappa shape index (κ1) is 23.4. The first-order chi connectivity index (χ1) is 16.4. The van der Waals surface area contributed by atoms with Crippen LogP contribution in [0, 0.1) is 19.7 Å². The van der Waals surface area contributed by atoms with Crippen molar-refractivity contribution in [2.45, 2.75) is 33.7 Å². The lowest BCUT2D eigenvalue weighted by Gasteiger charge is -2.25. The van der Waals surface area contributed by atoms with Crippen molar-refractivity contribution in [3.05, 3.63) is 106 Å². The van der Waals surface area contributed by atoms with E-state index in [0.717, 1.165) is 28.7 Å². The molecule has 0 bridgehead atoms. The first-order valence-electron chi connectivity index (χ1n) is 11.5. The zero-order valence-corrected chi connectivity index (χ0v) is 19.7. The summed E-state index contributed by atoms with van der Waals surface area (Å²) in [5.74, 6) is -1.00. The number of hydrogen-bond acceptors (Lipinski definition) is 4. The van der Waals surface area contributed by atoms with Crippen molar-refractivity contribution in [3.8, 4) is 0 Å². The van der Waals surface area contributed by atoms with Crippen LogP contribution in [-0.4, -0.2) is 39.7 Å². The summed E-state index contributed by atoms with van der Waals surface area (Å²) in [5.41, 5.74) is 5.57. The molecule has 1 aliphatic heterocycles. The van der Waals surface area contributed by atoms with Crippen molar-refractivity contribution in [2.24, 2.45) is 0 Å². The van der Waals surface area contributed by atoms with Gasteiger partial charge in [0, 0.05) is 25.5 Å². The van der Waals surface area contributed by atoms with Crippen LogP contribution in [0.3, 0.4) is 0 Å². The predicted molar refractivity (Wildman–Crippen MR) is 130 cm³/mol. The number of rotatable bonds is 8. The van der Waals surface area contributed by atoms with Gasteiger partial charge in [0.1, 0.15) is 11.5 Å². The third-order valence-corrected chi connectivity index (χ3v) is 6.31. The van der Waals surface area contributed by atoms with E-state index in [-0.39, 0.29) is 24.2 Å². The van der Waals surface area contributed by atoms with Gasteiger partial charge in [0.25, 0.3) is 11.8 Å². The van der Waals surface area contributed by atoms with Gasteiger partial charge in [-0.05, 0) is 79.3 Å². The van der Waals surface area contributed by atoms with Gasteiger partial charge in [-0.15, -0.1) is 0 Å². The number of aromatic nitrogens is 1. The number of nitrogens with zero attached hydrogens (tertiary/aromatic N) is 3.